The zero-order valence-corrected chi connectivity index (χ0v) is 10.4. The number of amides is 2. The van der Waals surface area contributed by atoms with Crippen LogP contribution in [0.3, 0.4) is 0 Å². The van der Waals surface area contributed by atoms with Gasteiger partial charge in [-0.05, 0) is 18.6 Å². The molecule has 1 aromatic heterocycles. The third kappa shape index (κ3) is 4.20. The maximum atomic E-state index is 11.9. The quantitative estimate of drug-likeness (QED) is 0.793. The second-order valence-corrected chi connectivity index (χ2v) is 3.84. The fourth-order valence-electron chi connectivity index (χ4n) is 1.38. The summed E-state index contributed by atoms with van der Waals surface area (Å²) >= 11 is 5.83. The van der Waals surface area contributed by atoms with Crippen LogP contribution < -0.4 is 5.32 Å². The molecule has 1 rings (SSSR count). The number of carbonyl (C=O) groups excluding carboxylic acids is 1. The molecule has 0 aliphatic heterocycles. The predicted molar refractivity (Wildman–Crippen MR) is 67.2 cm³/mol. The van der Waals surface area contributed by atoms with Gasteiger partial charge in [0.25, 0.3) is 0 Å². The van der Waals surface area contributed by atoms with Crippen molar-refractivity contribution in [1.29, 1.82) is 0 Å². The largest absolute Gasteiger partial charge is 0.395 e. The first-order valence-corrected chi connectivity index (χ1v) is 5.84. The molecule has 2 amide bonds. The van der Waals surface area contributed by atoms with E-state index in [2.05, 4.69) is 10.3 Å². The van der Waals surface area contributed by atoms with Gasteiger partial charge in [0.1, 0.15) is 0 Å². The lowest BCUT2D eigenvalue weighted by Crippen LogP contribution is -2.37. The monoisotopic (exact) mass is 257 g/mol. The average molecular weight is 258 g/mol. The van der Waals surface area contributed by atoms with Crippen molar-refractivity contribution < 1.29 is 9.90 Å². The summed E-state index contributed by atoms with van der Waals surface area (Å²) < 4.78 is 0. The zero-order chi connectivity index (χ0) is 12.7. The number of hydrogen-bond acceptors (Lipinski definition) is 3. The number of urea groups is 1. The summed E-state index contributed by atoms with van der Waals surface area (Å²) in [5.74, 6) is 0. The zero-order valence-electron chi connectivity index (χ0n) is 9.69. The van der Waals surface area contributed by atoms with E-state index in [1.807, 2.05) is 6.92 Å². The molecule has 1 heterocycles. The minimum absolute atomic E-state index is 0.0613. The van der Waals surface area contributed by atoms with Crippen LogP contribution in [-0.4, -0.2) is 40.7 Å². The number of aromatic nitrogens is 1. The van der Waals surface area contributed by atoms with E-state index in [1.54, 1.807) is 18.3 Å². The Morgan fingerprint density at radius 1 is 1.59 bits per heavy atom. The maximum Gasteiger partial charge on any atom is 0.322 e. The molecule has 0 saturated heterocycles. The highest BCUT2D eigenvalue weighted by molar-refractivity contribution is 6.32. The van der Waals surface area contributed by atoms with Crippen molar-refractivity contribution in [3.63, 3.8) is 0 Å². The second kappa shape index (κ2) is 7.09. The van der Waals surface area contributed by atoms with Crippen molar-refractivity contribution in [3.05, 3.63) is 23.5 Å². The van der Waals surface area contributed by atoms with Crippen LogP contribution in [0.2, 0.25) is 5.15 Å². The van der Waals surface area contributed by atoms with Crippen LogP contribution >= 0.6 is 11.6 Å². The summed E-state index contributed by atoms with van der Waals surface area (Å²) in [5, 5.41) is 11.8. The lowest BCUT2D eigenvalue weighted by Gasteiger charge is -2.21. The van der Waals surface area contributed by atoms with Crippen LogP contribution in [0, 0.1) is 0 Å². The lowest BCUT2D eigenvalue weighted by atomic mass is 10.4. The molecule has 0 aliphatic rings. The van der Waals surface area contributed by atoms with Gasteiger partial charge in [-0.1, -0.05) is 18.5 Å². The van der Waals surface area contributed by atoms with Crippen LogP contribution in [0.1, 0.15) is 13.3 Å². The van der Waals surface area contributed by atoms with Crippen LogP contribution in [0.15, 0.2) is 18.3 Å². The van der Waals surface area contributed by atoms with Gasteiger partial charge in [0.2, 0.25) is 0 Å². The lowest BCUT2D eigenvalue weighted by molar-refractivity contribution is 0.188. The van der Waals surface area contributed by atoms with E-state index in [0.717, 1.165) is 6.42 Å². The molecular weight excluding hydrogens is 242 g/mol. The SMILES string of the molecule is CCCN(CCO)C(=O)Nc1cccnc1Cl. The summed E-state index contributed by atoms with van der Waals surface area (Å²) in [6, 6.07) is 3.09. The first-order chi connectivity index (χ1) is 8.19. The van der Waals surface area contributed by atoms with Crippen LogP contribution in [0.4, 0.5) is 10.5 Å². The number of nitrogens with zero attached hydrogens (tertiary/aromatic N) is 2. The van der Waals surface area contributed by atoms with Crippen molar-refractivity contribution >= 4 is 23.3 Å². The fourth-order valence-corrected chi connectivity index (χ4v) is 1.55. The highest BCUT2D eigenvalue weighted by atomic mass is 35.5. The summed E-state index contributed by atoms with van der Waals surface area (Å²) in [7, 11) is 0. The number of nitrogens with one attached hydrogen (secondary N) is 1. The predicted octanol–water partition coefficient (Wildman–Crippen LogP) is 1.97. The molecule has 0 aliphatic carbocycles. The van der Waals surface area contributed by atoms with Crippen molar-refractivity contribution in [1.82, 2.24) is 9.88 Å². The third-order valence-corrected chi connectivity index (χ3v) is 2.45. The molecule has 0 aromatic carbocycles. The van der Waals surface area contributed by atoms with Gasteiger partial charge in [-0.25, -0.2) is 9.78 Å². The molecular formula is C11H16ClN3O2. The number of hydrogen-bond donors (Lipinski definition) is 2. The average Bonchev–Trinajstić information content (AvgIpc) is 2.32. The number of aliphatic hydroxyl groups excluding tert-OH is 1. The van der Waals surface area contributed by atoms with Gasteiger partial charge in [0.15, 0.2) is 5.15 Å². The van der Waals surface area contributed by atoms with Gasteiger partial charge in [-0.3, -0.25) is 0 Å². The molecule has 17 heavy (non-hydrogen) atoms. The Bertz CT molecular complexity index is 367. The Balaban J connectivity index is 2.66. The van der Waals surface area contributed by atoms with Crippen molar-refractivity contribution in [2.75, 3.05) is 25.0 Å². The van der Waals surface area contributed by atoms with Crippen molar-refractivity contribution in [2.45, 2.75) is 13.3 Å². The molecule has 94 valence electrons. The normalized spacial score (nSPS) is 10.1. The third-order valence-electron chi connectivity index (χ3n) is 2.15. The Labute approximate surface area is 105 Å². The molecule has 2 N–H and O–H groups in total. The maximum absolute atomic E-state index is 11.9. The first kappa shape index (κ1) is 13.7. The number of aliphatic hydroxyl groups is 1. The fraction of sp³-hybridized carbons (Fsp3) is 0.455. The number of anilines is 1. The highest BCUT2D eigenvalue weighted by Gasteiger charge is 2.13. The summed E-state index contributed by atoms with van der Waals surface area (Å²) in [4.78, 5) is 17.3. The van der Waals surface area contributed by atoms with Gasteiger partial charge in [-0.15, -0.1) is 0 Å². The molecule has 0 atom stereocenters. The Morgan fingerprint density at radius 3 is 2.94 bits per heavy atom. The second-order valence-electron chi connectivity index (χ2n) is 3.48. The minimum atomic E-state index is -0.282. The van der Waals surface area contributed by atoms with E-state index in [-0.39, 0.29) is 17.8 Å². The topological polar surface area (TPSA) is 65.5 Å². The molecule has 0 saturated carbocycles. The number of carbonyl (C=O) groups is 1. The number of halogens is 1. The van der Waals surface area contributed by atoms with Crippen LogP contribution in [-0.2, 0) is 0 Å². The van der Waals surface area contributed by atoms with Gasteiger partial charge in [0.05, 0.1) is 12.3 Å². The van der Waals surface area contributed by atoms with E-state index in [1.165, 1.54) is 4.90 Å². The van der Waals surface area contributed by atoms with E-state index in [4.69, 9.17) is 16.7 Å². The molecule has 0 unspecified atom stereocenters. The molecule has 0 fully saturated rings. The number of rotatable bonds is 5. The van der Waals surface area contributed by atoms with Crippen molar-refractivity contribution in [3.8, 4) is 0 Å². The Kier molecular flexibility index (Phi) is 5.72. The molecule has 1 aromatic rings. The van der Waals surface area contributed by atoms with E-state index in [0.29, 0.717) is 18.8 Å². The van der Waals surface area contributed by atoms with Gasteiger partial charge < -0.3 is 15.3 Å². The standard InChI is InChI=1S/C11H16ClN3O2/c1-2-6-15(7-8-16)11(17)14-9-4-3-5-13-10(9)12/h3-5,16H,2,6-8H2,1H3,(H,14,17). The highest BCUT2D eigenvalue weighted by Crippen LogP contribution is 2.17. The molecule has 6 heteroatoms. The van der Waals surface area contributed by atoms with Gasteiger partial charge in [-0.2, -0.15) is 0 Å². The van der Waals surface area contributed by atoms with Crippen molar-refractivity contribution in [2.24, 2.45) is 0 Å². The summed E-state index contributed by atoms with van der Waals surface area (Å²) in [6.45, 7) is 2.80. The van der Waals surface area contributed by atoms with Crippen LogP contribution in [0.25, 0.3) is 0 Å². The Morgan fingerprint density at radius 2 is 2.35 bits per heavy atom. The van der Waals surface area contributed by atoms with Crippen LogP contribution in [0.5, 0.6) is 0 Å². The minimum Gasteiger partial charge on any atom is -0.395 e. The summed E-state index contributed by atoms with van der Waals surface area (Å²) in [5.41, 5.74) is 0.471. The van der Waals surface area contributed by atoms with E-state index < -0.39 is 0 Å². The number of pyridine rings is 1. The molecule has 5 nitrogen and oxygen atoms in total. The Hall–Kier alpha value is -1.33. The van der Waals surface area contributed by atoms with Gasteiger partial charge in [0, 0.05) is 19.3 Å². The molecule has 0 bridgehead atoms. The summed E-state index contributed by atoms with van der Waals surface area (Å²) in [6.07, 6.45) is 2.38. The van der Waals surface area contributed by atoms with Gasteiger partial charge >= 0.3 is 6.03 Å². The molecule has 0 spiro atoms. The first-order valence-electron chi connectivity index (χ1n) is 5.46. The van der Waals surface area contributed by atoms with E-state index >= 15 is 0 Å². The van der Waals surface area contributed by atoms with E-state index in [9.17, 15) is 4.79 Å². The molecule has 0 radical (unpaired) electrons. The smallest absolute Gasteiger partial charge is 0.322 e.